The highest BCUT2D eigenvalue weighted by Gasteiger charge is 2.24. The van der Waals surface area contributed by atoms with Crippen LogP contribution in [-0.2, 0) is 12.8 Å². The van der Waals surface area contributed by atoms with Crippen molar-refractivity contribution < 1.29 is 23.9 Å². The van der Waals surface area contributed by atoms with Crippen LogP contribution in [0.4, 0.5) is 0 Å². The molecule has 25 heavy (non-hydrogen) atoms. The second kappa shape index (κ2) is 6.76. The van der Waals surface area contributed by atoms with Gasteiger partial charge in [-0.05, 0) is 37.0 Å². The van der Waals surface area contributed by atoms with E-state index in [1.165, 1.54) is 0 Å². The fraction of sp³-hybridized carbons (Fsp3) is 0.444. The number of aryl methyl sites for hydroxylation is 1. The predicted molar refractivity (Wildman–Crippen MR) is 87.9 cm³/mol. The molecule has 1 aromatic carbocycles. The molecule has 2 aliphatic rings. The lowest BCUT2D eigenvalue weighted by Crippen LogP contribution is -2.29. The molecule has 1 atom stereocenters. The molecule has 1 aliphatic carbocycles. The number of rotatable bonds is 4. The van der Waals surface area contributed by atoms with Crippen LogP contribution in [0.2, 0.25) is 0 Å². The molecular formula is C18H20N2O5. The summed E-state index contributed by atoms with van der Waals surface area (Å²) in [6, 6.07) is 5.27. The highest BCUT2D eigenvalue weighted by atomic mass is 16.6. The van der Waals surface area contributed by atoms with E-state index in [0.29, 0.717) is 36.0 Å². The summed E-state index contributed by atoms with van der Waals surface area (Å²) < 4.78 is 16.2. The fourth-order valence-electron chi connectivity index (χ4n) is 3.22. The first-order valence-electron chi connectivity index (χ1n) is 8.55. The zero-order chi connectivity index (χ0) is 17.2. The first-order valence-corrected chi connectivity index (χ1v) is 8.55. The van der Waals surface area contributed by atoms with E-state index in [2.05, 4.69) is 10.5 Å². The summed E-state index contributed by atoms with van der Waals surface area (Å²) in [6.45, 7) is 1.09. The summed E-state index contributed by atoms with van der Waals surface area (Å²) in [4.78, 5) is 12.4. The lowest BCUT2D eigenvalue weighted by atomic mass is 9.96. The van der Waals surface area contributed by atoms with Crippen molar-refractivity contribution in [2.45, 2.75) is 31.8 Å². The van der Waals surface area contributed by atoms with Gasteiger partial charge in [-0.3, -0.25) is 4.79 Å². The van der Waals surface area contributed by atoms with E-state index in [0.717, 1.165) is 37.0 Å². The zero-order valence-electron chi connectivity index (χ0n) is 13.8. The Morgan fingerprint density at radius 1 is 1.20 bits per heavy atom. The van der Waals surface area contributed by atoms with Crippen molar-refractivity contribution in [1.82, 2.24) is 10.5 Å². The number of amides is 1. The third-order valence-corrected chi connectivity index (χ3v) is 4.57. The quantitative estimate of drug-likeness (QED) is 0.878. The molecule has 2 N–H and O–H groups in total. The molecule has 1 aromatic heterocycles. The van der Waals surface area contributed by atoms with Crippen LogP contribution in [0.25, 0.3) is 0 Å². The van der Waals surface area contributed by atoms with Crippen LogP contribution >= 0.6 is 0 Å². The van der Waals surface area contributed by atoms with Crippen LogP contribution in [0.1, 0.15) is 46.3 Å². The lowest BCUT2D eigenvalue weighted by Gasteiger charge is -2.20. The Labute approximate surface area is 144 Å². The van der Waals surface area contributed by atoms with Crippen molar-refractivity contribution in [3.63, 3.8) is 0 Å². The molecule has 7 heteroatoms. The summed E-state index contributed by atoms with van der Waals surface area (Å²) in [5.74, 6) is 1.77. The van der Waals surface area contributed by atoms with Crippen LogP contribution in [0.3, 0.4) is 0 Å². The number of carbonyl (C=O) groups excluding carboxylic acids is 1. The van der Waals surface area contributed by atoms with Crippen molar-refractivity contribution in [1.29, 1.82) is 0 Å². The molecule has 0 radical (unpaired) electrons. The second-order valence-corrected chi connectivity index (χ2v) is 6.27. The Morgan fingerprint density at radius 3 is 2.88 bits per heavy atom. The molecule has 0 saturated heterocycles. The smallest absolute Gasteiger partial charge is 0.273 e. The number of hydrogen-bond donors (Lipinski definition) is 2. The van der Waals surface area contributed by atoms with Gasteiger partial charge < -0.3 is 24.4 Å². The van der Waals surface area contributed by atoms with Gasteiger partial charge in [0.2, 0.25) is 0 Å². The van der Waals surface area contributed by atoms with Gasteiger partial charge in [0.25, 0.3) is 5.91 Å². The number of aromatic nitrogens is 1. The van der Waals surface area contributed by atoms with Crippen molar-refractivity contribution in [2.75, 3.05) is 19.8 Å². The molecule has 0 unspecified atom stereocenters. The monoisotopic (exact) mass is 344 g/mol. The maximum atomic E-state index is 12.4. The van der Waals surface area contributed by atoms with Gasteiger partial charge in [-0.2, -0.15) is 0 Å². The maximum absolute atomic E-state index is 12.4. The van der Waals surface area contributed by atoms with Gasteiger partial charge in [0, 0.05) is 18.5 Å². The van der Waals surface area contributed by atoms with Crippen LogP contribution < -0.4 is 14.8 Å². The molecule has 0 fully saturated rings. The predicted octanol–water partition coefficient (Wildman–Crippen LogP) is 1.79. The van der Waals surface area contributed by atoms with Crippen LogP contribution in [0, 0.1) is 0 Å². The second-order valence-electron chi connectivity index (χ2n) is 6.27. The SMILES string of the molecule is O=C(NC[C@@H](O)c1ccc2c(c1)OCCO2)c1noc2c1CCCC2. The third-order valence-electron chi connectivity index (χ3n) is 4.57. The topological polar surface area (TPSA) is 93.8 Å². The lowest BCUT2D eigenvalue weighted by molar-refractivity contribution is 0.0906. The average molecular weight is 344 g/mol. The van der Waals surface area contributed by atoms with Crippen LogP contribution in [0.15, 0.2) is 22.7 Å². The molecule has 2 aromatic rings. The third kappa shape index (κ3) is 3.19. The Kier molecular flexibility index (Phi) is 4.31. The van der Waals surface area contributed by atoms with Crippen molar-refractivity contribution in [3.8, 4) is 11.5 Å². The molecule has 0 bridgehead atoms. The standard InChI is InChI=1S/C18H20N2O5/c21-13(11-5-6-15-16(9-11)24-8-7-23-15)10-19-18(22)17-12-3-1-2-4-14(12)25-20-17/h5-6,9,13,21H,1-4,7-8,10H2,(H,19,22)/t13-/m1/s1. The van der Waals surface area contributed by atoms with Gasteiger partial charge in [-0.25, -0.2) is 0 Å². The van der Waals surface area contributed by atoms with E-state index in [1.54, 1.807) is 18.2 Å². The molecule has 0 saturated carbocycles. The number of ether oxygens (including phenoxy) is 2. The highest BCUT2D eigenvalue weighted by molar-refractivity contribution is 5.93. The Hall–Kier alpha value is -2.54. The van der Waals surface area contributed by atoms with Gasteiger partial charge in [0.05, 0.1) is 6.10 Å². The molecule has 132 valence electrons. The summed E-state index contributed by atoms with van der Waals surface area (Å²) in [6.07, 6.45) is 2.89. The van der Waals surface area contributed by atoms with E-state index >= 15 is 0 Å². The molecule has 1 aliphatic heterocycles. The molecule has 2 heterocycles. The number of carbonyl (C=O) groups is 1. The first-order chi connectivity index (χ1) is 12.2. The molecule has 0 spiro atoms. The van der Waals surface area contributed by atoms with E-state index in [-0.39, 0.29) is 12.5 Å². The van der Waals surface area contributed by atoms with Crippen molar-refractivity contribution in [3.05, 3.63) is 40.8 Å². The number of nitrogens with zero attached hydrogens (tertiary/aromatic N) is 1. The number of aliphatic hydroxyl groups is 1. The largest absolute Gasteiger partial charge is 0.486 e. The highest BCUT2D eigenvalue weighted by Crippen LogP contribution is 2.32. The van der Waals surface area contributed by atoms with Crippen LogP contribution in [0.5, 0.6) is 11.5 Å². The molecule has 1 amide bonds. The number of benzene rings is 1. The summed E-state index contributed by atoms with van der Waals surface area (Å²) in [7, 11) is 0. The molecule has 4 rings (SSSR count). The fourth-order valence-corrected chi connectivity index (χ4v) is 3.22. The number of aliphatic hydroxyl groups excluding tert-OH is 1. The number of hydrogen-bond acceptors (Lipinski definition) is 6. The maximum Gasteiger partial charge on any atom is 0.273 e. The minimum Gasteiger partial charge on any atom is -0.486 e. The van der Waals surface area contributed by atoms with E-state index < -0.39 is 6.10 Å². The van der Waals surface area contributed by atoms with Crippen LogP contribution in [-0.4, -0.2) is 35.9 Å². The van der Waals surface area contributed by atoms with E-state index in [1.807, 2.05) is 0 Å². The Balaban J connectivity index is 1.41. The van der Waals surface area contributed by atoms with Crippen molar-refractivity contribution >= 4 is 5.91 Å². The summed E-state index contributed by atoms with van der Waals surface area (Å²) >= 11 is 0. The van der Waals surface area contributed by atoms with E-state index in [9.17, 15) is 9.90 Å². The molecule has 7 nitrogen and oxygen atoms in total. The van der Waals surface area contributed by atoms with Gasteiger partial charge in [-0.1, -0.05) is 11.2 Å². The normalized spacial score (nSPS) is 16.8. The average Bonchev–Trinajstić information content (AvgIpc) is 3.09. The number of fused-ring (bicyclic) bond motifs is 2. The number of nitrogens with one attached hydrogen (secondary N) is 1. The summed E-state index contributed by atoms with van der Waals surface area (Å²) in [5, 5.41) is 17.0. The first kappa shape index (κ1) is 16.0. The van der Waals surface area contributed by atoms with Crippen molar-refractivity contribution in [2.24, 2.45) is 0 Å². The minimum atomic E-state index is -0.845. The van der Waals surface area contributed by atoms with Gasteiger partial charge in [-0.15, -0.1) is 0 Å². The minimum absolute atomic E-state index is 0.0834. The van der Waals surface area contributed by atoms with Gasteiger partial charge in [0.15, 0.2) is 17.2 Å². The van der Waals surface area contributed by atoms with E-state index in [4.69, 9.17) is 14.0 Å². The Bertz CT molecular complexity index is 786. The van der Waals surface area contributed by atoms with Gasteiger partial charge in [0.1, 0.15) is 19.0 Å². The molecular weight excluding hydrogens is 324 g/mol. The summed E-state index contributed by atoms with van der Waals surface area (Å²) in [5.41, 5.74) is 1.90. The van der Waals surface area contributed by atoms with Gasteiger partial charge >= 0.3 is 0 Å². The zero-order valence-corrected chi connectivity index (χ0v) is 13.8. The Morgan fingerprint density at radius 2 is 2.00 bits per heavy atom.